The zero-order chi connectivity index (χ0) is 15.6. The van der Waals surface area contributed by atoms with Crippen molar-refractivity contribution in [3.8, 4) is 0 Å². The Labute approximate surface area is 122 Å². The topological polar surface area (TPSA) is 61.4 Å². The standard InChI is InChI=1S/C15H29N3O2/c1-14(2,3)12(19)16-11-7-9-18(10-8-11)13(20)17-15(4,5)6/h11H,7-10H2,1-6H3,(H,16,19)(H,17,20). The second-order valence-electron chi connectivity index (χ2n) is 7.66. The first-order chi connectivity index (χ1) is 8.99. The zero-order valence-electron chi connectivity index (χ0n) is 13.7. The molecule has 0 aromatic heterocycles. The molecule has 0 unspecified atom stereocenters. The van der Waals surface area contributed by atoms with E-state index < -0.39 is 0 Å². The van der Waals surface area contributed by atoms with Crippen LogP contribution in [0.5, 0.6) is 0 Å². The zero-order valence-corrected chi connectivity index (χ0v) is 13.7. The van der Waals surface area contributed by atoms with Gasteiger partial charge in [-0.2, -0.15) is 0 Å². The average molecular weight is 283 g/mol. The number of likely N-dealkylation sites (tertiary alicyclic amines) is 1. The van der Waals surface area contributed by atoms with Crippen molar-refractivity contribution in [1.82, 2.24) is 15.5 Å². The van der Waals surface area contributed by atoms with Crippen molar-refractivity contribution in [2.45, 2.75) is 66.0 Å². The summed E-state index contributed by atoms with van der Waals surface area (Å²) in [6.45, 7) is 13.0. The number of nitrogens with zero attached hydrogens (tertiary/aromatic N) is 1. The Kier molecular flexibility index (Phi) is 5.05. The van der Waals surface area contributed by atoms with Crippen LogP contribution in [-0.2, 0) is 4.79 Å². The minimum atomic E-state index is -0.360. The molecule has 116 valence electrons. The summed E-state index contributed by atoms with van der Waals surface area (Å²) in [6.07, 6.45) is 1.64. The van der Waals surface area contributed by atoms with E-state index in [-0.39, 0.29) is 28.9 Å². The molecule has 1 saturated heterocycles. The van der Waals surface area contributed by atoms with Crippen molar-refractivity contribution in [2.75, 3.05) is 13.1 Å². The molecule has 1 fully saturated rings. The normalized spacial score (nSPS) is 17.8. The van der Waals surface area contributed by atoms with E-state index in [1.807, 2.05) is 46.4 Å². The molecule has 5 heteroatoms. The van der Waals surface area contributed by atoms with Crippen LogP contribution in [0.2, 0.25) is 0 Å². The van der Waals surface area contributed by atoms with Crippen LogP contribution in [0.4, 0.5) is 4.79 Å². The van der Waals surface area contributed by atoms with Gasteiger partial charge in [0.25, 0.3) is 0 Å². The largest absolute Gasteiger partial charge is 0.353 e. The van der Waals surface area contributed by atoms with Gasteiger partial charge < -0.3 is 15.5 Å². The van der Waals surface area contributed by atoms with Gasteiger partial charge in [0.15, 0.2) is 0 Å². The van der Waals surface area contributed by atoms with Crippen LogP contribution in [0, 0.1) is 5.41 Å². The highest BCUT2D eigenvalue weighted by Gasteiger charge is 2.28. The number of rotatable bonds is 1. The Balaban J connectivity index is 2.41. The summed E-state index contributed by atoms with van der Waals surface area (Å²) >= 11 is 0. The number of hydrogen-bond acceptors (Lipinski definition) is 2. The maximum absolute atomic E-state index is 12.0. The fraction of sp³-hybridized carbons (Fsp3) is 0.867. The Morgan fingerprint density at radius 3 is 1.90 bits per heavy atom. The fourth-order valence-corrected chi connectivity index (χ4v) is 2.03. The monoisotopic (exact) mass is 283 g/mol. The molecule has 0 bridgehead atoms. The fourth-order valence-electron chi connectivity index (χ4n) is 2.03. The number of piperidine rings is 1. The number of urea groups is 1. The number of carbonyl (C=O) groups excluding carboxylic acids is 2. The van der Waals surface area contributed by atoms with Crippen molar-refractivity contribution in [3.05, 3.63) is 0 Å². The van der Waals surface area contributed by atoms with E-state index in [0.717, 1.165) is 12.8 Å². The molecule has 5 nitrogen and oxygen atoms in total. The van der Waals surface area contributed by atoms with Gasteiger partial charge in [0.05, 0.1) is 0 Å². The summed E-state index contributed by atoms with van der Waals surface area (Å²) < 4.78 is 0. The smallest absolute Gasteiger partial charge is 0.317 e. The molecule has 1 rings (SSSR count). The number of carbonyl (C=O) groups is 2. The van der Waals surface area contributed by atoms with E-state index >= 15 is 0 Å². The van der Waals surface area contributed by atoms with Crippen LogP contribution in [0.25, 0.3) is 0 Å². The lowest BCUT2D eigenvalue weighted by molar-refractivity contribution is -0.129. The van der Waals surface area contributed by atoms with E-state index in [2.05, 4.69) is 10.6 Å². The molecular weight excluding hydrogens is 254 g/mol. The molecule has 20 heavy (non-hydrogen) atoms. The van der Waals surface area contributed by atoms with E-state index in [1.54, 1.807) is 0 Å². The second kappa shape index (κ2) is 6.02. The lowest BCUT2D eigenvalue weighted by atomic mass is 9.94. The molecule has 0 aliphatic carbocycles. The lowest BCUT2D eigenvalue weighted by Crippen LogP contribution is -2.53. The van der Waals surface area contributed by atoms with Gasteiger partial charge in [-0.15, -0.1) is 0 Å². The van der Waals surface area contributed by atoms with Gasteiger partial charge in [0.2, 0.25) is 5.91 Å². The Hall–Kier alpha value is -1.26. The summed E-state index contributed by atoms with van der Waals surface area (Å²) in [5.74, 6) is 0.0788. The lowest BCUT2D eigenvalue weighted by Gasteiger charge is -2.35. The molecule has 1 heterocycles. The molecule has 0 aromatic carbocycles. The summed E-state index contributed by atoms with van der Waals surface area (Å²) in [4.78, 5) is 25.8. The molecule has 1 aliphatic rings. The van der Waals surface area contributed by atoms with Crippen LogP contribution in [0.3, 0.4) is 0 Å². The molecule has 3 amide bonds. The molecule has 0 aromatic rings. The molecule has 0 saturated carbocycles. The van der Waals surface area contributed by atoms with Crippen LogP contribution >= 0.6 is 0 Å². The molecule has 0 atom stereocenters. The Bertz CT molecular complexity index is 358. The van der Waals surface area contributed by atoms with Crippen molar-refractivity contribution < 1.29 is 9.59 Å². The Morgan fingerprint density at radius 1 is 1.00 bits per heavy atom. The van der Waals surface area contributed by atoms with Crippen LogP contribution in [0.15, 0.2) is 0 Å². The highest BCUT2D eigenvalue weighted by Crippen LogP contribution is 2.16. The molecule has 2 N–H and O–H groups in total. The van der Waals surface area contributed by atoms with Gasteiger partial charge in [-0.05, 0) is 33.6 Å². The number of amides is 3. The first kappa shape index (κ1) is 16.8. The third kappa shape index (κ3) is 5.39. The number of hydrogen-bond donors (Lipinski definition) is 2. The minimum absolute atomic E-state index is 0.0157. The second-order valence-corrected chi connectivity index (χ2v) is 7.66. The predicted octanol–water partition coefficient (Wildman–Crippen LogP) is 2.12. The van der Waals surface area contributed by atoms with Crippen molar-refractivity contribution in [3.63, 3.8) is 0 Å². The van der Waals surface area contributed by atoms with Crippen LogP contribution < -0.4 is 10.6 Å². The summed E-state index contributed by atoms with van der Waals surface area (Å²) in [5.41, 5.74) is -0.574. The molecule has 0 spiro atoms. The Morgan fingerprint density at radius 2 is 1.50 bits per heavy atom. The van der Waals surface area contributed by atoms with E-state index in [0.29, 0.717) is 13.1 Å². The van der Waals surface area contributed by atoms with Gasteiger partial charge in [0.1, 0.15) is 0 Å². The average Bonchev–Trinajstić information content (AvgIpc) is 2.26. The highest BCUT2D eigenvalue weighted by atomic mass is 16.2. The maximum atomic E-state index is 12.0. The molecule has 1 aliphatic heterocycles. The summed E-state index contributed by atoms with van der Waals surface area (Å²) in [6, 6.07) is 0.165. The van der Waals surface area contributed by atoms with Crippen molar-refractivity contribution in [2.24, 2.45) is 5.41 Å². The molecule has 0 radical (unpaired) electrons. The first-order valence-electron chi connectivity index (χ1n) is 7.37. The molecular formula is C15H29N3O2. The van der Waals surface area contributed by atoms with Crippen molar-refractivity contribution >= 4 is 11.9 Å². The minimum Gasteiger partial charge on any atom is -0.353 e. The van der Waals surface area contributed by atoms with Crippen molar-refractivity contribution in [1.29, 1.82) is 0 Å². The van der Waals surface area contributed by atoms with E-state index in [9.17, 15) is 9.59 Å². The van der Waals surface area contributed by atoms with Gasteiger partial charge >= 0.3 is 6.03 Å². The highest BCUT2D eigenvalue weighted by molar-refractivity contribution is 5.81. The number of nitrogens with one attached hydrogen (secondary N) is 2. The summed E-state index contributed by atoms with van der Waals surface area (Å²) in [5, 5.41) is 6.04. The van der Waals surface area contributed by atoms with Gasteiger partial charge in [-0.25, -0.2) is 4.79 Å². The third-order valence-corrected chi connectivity index (χ3v) is 3.28. The van der Waals surface area contributed by atoms with Gasteiger partial charge in [0, 0.05) is 30.1 Å². The maximum Gasteiger partial charge on any atom is 0.317 e. The van der Waals surface area contributed by atoms with Crippen LogP contribution in [0.1, 0.15) is 54.4 Å². The van der Waals surface area contributed by atoms with Gasteiger partial charge in [-0.1, -0.05) is 20.8 Å². The third-order valence-electron chi connectivity index (χ3n) is 3.28. The van der Waals surface area contributed by atoms with Crippen LogP contribution in [-0.4, -0.2) is 41.5 Å². The quantitative estimate of drug-likeness (QED) is 0.774. The SMILES string of the molecule is CC(C)(C)NC(=O)N1CCC(NC(=O)C(C)(C)C)CC1. The van der Waals surface area contributed by atoms with E-state index in [1.165, 1.54) is 0 Å². The van der Waals surface area contributed by atoms with E-state index in [4.69, 9.17) is 0 Å². The predicted molar refractivity (Wildman–Crippen MR) is 80.5 cm³/mol. The summed E-state index contributed by atoms with van der Waals surface area (Å²) in [7, 11) is 0. The van der Waals surface area contributed by atoms with Gasteiger partial charge in [-0.3, -0.25) is 4.79 Å². The first-order valence-corrected chi connectivity index (χ1v) is 7.37.